The molecule has 3 N–H and O–H groups in total. The van der Waals surface area contributed by atoms with Crippen LogP contribution in [0.5, 0.6) is 5.88 Å². The van der Waals surface area contributed by atoms with Crippen LogP contribution in [0, 0.1) is 13.8 Å². The van der Waals surface area contributed by atoms with E-state index in [-0.39, 0.29) is 17.6 Å². The van der Waals surface area contributed by atoms with Gasteiger partial charge in [-0.25, -0.2) is 9.78 Å². The summed E-state index contributed by atoms with van der Waals surface area (Å²) in [6.07, 6.45) is 2.46. The number of pyridine rings is 1. The number of hydrogen-bond donors (Lipinski definition) is 3. The number of anilines is 1. The lowest BCUT2D eigenvalue weighted by molar-refractivity contribution is 0.102. The number of hydrogen-bond acceptors (Lipinski definition) is 8. The first kappa shape index (κ1) is 30.4. The maximum atomic E-state index is 13.2. The molecule has 2 aliphatic rings. The molecule has 11 nitrogen and oxygen atoms in total. The fourth-order valence-electron chi connectivity index (χ4n) is 6.45. The molecule has 1 saturated heterocycles. The number of methoxy groups -OCH3 is 1. The number of aryl methyl sites for hydroxylation is 2. The van der Waals surface area contributed by atoms with Crippen LogP contribution < -0.4 is 26.6 Å². The van der Waals surface area contributed by atoms with E-state index in [2.05, 4.69) is 23.6 Å². The van der Waals surface area contributed by atoms with Crippen molar-refractivity contribution >= 4 is 11.6 Å². The first-order chi connectivity index (χ1) is 21.6. The van der Waals surface area contributed by atoms with Gasteiger partial charge >= 0.3 is 5.69 Å². The standard InChI is InChI=1S/C34H37N5O6/c1-18-21(22-9-7-11-25(19(22)2)36-31(41)24-15-38(3)34(43)39(4)33(24)42)8-6-10-23(18)27-14-20-12-13-26(30(20)32(37-27)44-5)35-28-16-45-17-29(28)40/h6-11,14-15,26,28-29,35,40H,12-13,16-17H2,1-5H3,(H,36,41)/t26-,28+,29+/m0/s1. The van der Waals surface area contributed by atoms with Crippen LogP contribution in [0.3, 0.4) is 0 Å². The van der Waals surface area contributed by atoms with E-state index in [1.54, 1.807) is 13.2 Å². The van der Waals surface area contributed by atoms with Crippen LogP contribution in [0.2, 0.25) is 0 Å². The summed E-state index contributed by atoms with van der Waals surface area (Å²) < 4.78 is 13.4. The molecule has 1 aliphatic heterocycles. The summed E-state index contributed by atoms with van der Waals surface area (Å²) in [6, 6.07) is 13.7. The molecule has 11 heteroatoms. The van der Waals surface area contributed by atoms with Gasteiger partial charge < -0.3 is 29.8 Å². The number of benzene rings is 2. The molecule has 6 rings (SSSR count). The van der Waals surface area contributed by atoms with Gasteiger partial charge in [0.05, 0.1) is 38.2 Å². The van der Waals surface area contributed by atoms with Gasteiger partial charge in [0, 0.05) is 43.1 Å². The minimum Gasteiger partial charge on any atom is -0.481 e. The second-order valence-corrected chi connectivity index (χ2v) is 11.8. The molecule has 0 unspecified atom stereocenters. The van der Waals surface area contributed by atoms with Crippen molar-refractivity contribution in [3.63, 3.8) is 0 Å². The van der Waals surface area contributed by atoms with E-state index < -0.39 is 23.3 Å². The van der Waals surface area contributed by atoms with E-state index >= 15 is 0 Å². The second-order valence-electron chi connectivity index (χ2n) is 11.8. The van der Waals surface area contributed by atoms with Crippen LogP contribution in [0.4, 0.5) is 5.69 Å². The summed E-state index contributed by atoms with van der Waals surface area (Å²) in [6.45, 7) is 4.79. The molecule has 0 bridgehead atoms. The fourth-order valence-corrected chi connectivity index (χ4v) is 6.45. The quantitative estimate of drug-likeness (QED) is 0.290. The maximum absolute atomic E-state index is 13.2. The van der Waals surface area contributed by atoms with Gasteiger partial charge in [-0.1, -0.05) is 30.3 Å². The highest BCUT2D eigenvalue weighted by molar-refractivity contribution is 6.04. The van der Waals surface area contributed by atoms with E-state index in [1.807, 2.05) is 37.3 Å². The van der Waals surface area contributed by atoms with E-state index in [4.69, 9.17) is 14.5 Å². The third kappa shape index (κ3) is 5.47. The molecular weight excluding hydrogens is 574 g/mol. The van der Waals surface area contributed by atoms with Crippen LogP contribution in [0.1, 0.15) is 45.1 Å². The Balaban J connectivity index is 1.32. The van der Waals surface area contributed by atoms with E-state index in [0.717, 1.165) is 62.0 Å². The first-order valence-corrected chi connectivity index (χ1v) is 15.0. The summed E-state index contributed by atoms with van der Waals surface area (Å²) in [5.41, 5.74) is 7.01. The number of rotatable bonds is 7. The predicted octanol–water partition coefficient (Wildman–Crippen LogP) is 3.03. The number of ether oxygens (including phenoxy) is 2. The van der Waals surface area contributed by atoms with Crippen LogP contribution in [0.15, 0.2) is 58.3 Å². The van der Waals surface area contributed by atoms with E-state index in [9.17, 15) is 19.5 Å². The Labute approximate surface area is 260 Å². The molecule has 45 heavy (non-hydrogen) atoms. The van der Waals surface area contributed by atoms with Gasteiger partial charge in [-0.2, -0.15) is 0 Å². The third-order valence-corrected chi connectivity index (χ3v) is 8.99. The number of aliphatic hydroxyl groups excluding tert-OH is 1. The number of amides is 1. The maximum Gasteiger partial charge on any atom is 0.330 e. The van der Waals surface area contributed by atoms with E-state index in [1.165, 1.54) is 24.9 Å². The molecule has 3 heterocycles. The molecule has 0 spiro atoms. The predicted molar refractivity (Wildman–Crippen MR) is 171 cm³/mol. The lowest BCUT2D eigenvalue weighted by atomic mass is 9.91. The van der Waals surface area contributed by atoms with Crippen molar-refractivity contribution in [3.8, 4) is 28.3 Å². The summed E-state index contributed by atoms with van der Waals surface area (Å²) in [5, 5.41) is 16.7. The molecule has 0 saturated carbocycles. The molecule has 0 radical (unpaired) electrons. The van der Waals surface area contributed by atoms with Crippen molar-refractivity contribution in [3.05, 3.63) is 97.3 Å². The summed E-state index contributed by atoms with van der Waals surface area (Å²) >= 11 is 0. The van der Waals surface area contributed by atoms with Crippen LogP contribution in [0.25, 0.3) is 22.4 Å². The van der Waals surface area contributed by atoms with Gasteiger partial charge in [0.25, 0.3) is 11.5 Å². The zero-order chi connectivity index (χ0) is 32.0. The Bertz CT molecular complexity index is 1930. The monoisotopic (exact) mass is 611 g/mol. The Kier molecular flexibility index (Phi) is 8.17. The number of carbonyl (C=O) groups excluding carboxylic acids is 1. The summed E-state index contributed by atoms with van der Waals surface area (Å²) in [7, 11) is 4.48. The Hall–Kier alpha value is -4.58. The molecule has 234 valence electrons. The lowest BCUT2D eigenvalue weighted by Gasteiger charge is -2.22. The van der Waals surface area contributed by atoms with Gasteiger partial charge in [-0.3, -0.25) is 14.2 Å². The van der Waals surface area contributed by atoms with Crippen molar-refractivity contribution < 1.29 is 19.4 Å². The van der Waals surface area contributed by atoms with Gasteiger partial charge in [0.1, 0.15) is 5.56 Å². The highest BCUT2D eigenvalue weighted by Gasteiger charge is 2.34. The van der Waals surface area contributed by atoms with Gasteiger partial charge in [0.2, 0.25) is 5.88 Å². The topological polar surface area (TPSA) is 137 Å². The van der Waals surface area contributed by atoms with Crippen LogP contribution in [-0.4, -0.2) is 57.6 Å². The minimum absolute atomic E-state index is 0.0202. The van der Waals surface area contributed by atoms with Crippen molar-refractivity contribution in [2.75, 3.05) is 25.6 Å². The van der Waals surface area contributed by atoms with Crippen molar-refractivity contribution in [2.45, 2.75) is 44.9 Å². The number of aliphatic hydroxyl groups is 1. The van der Waals surface area contributed by atoms with Crippen molar-refractivity contribution in [1.29, 1.82) is 0 Å². The average Bonchev–Trinajstić information content (AvgIpc) is 3.64. The Morgan fingerprint density at radius 3 is 2.47 bits per heavy atom. The smallest absolute Gasteiger partial charge is 0.330 e. The number of fused-ring (bicyclic) bond motifs is 1. The second kappa shape index (κ2) is 12.1. The van der Waals surface area contributed by atoms with Crippen molar-refractivity contribution in [1.82, 2.24) is 19.4 Å². The summed E-state index contributed by atoms with van der Waals surface area (Å²) in [4.78, 5) is 42.8. The van der Waals surface area contributed by atoms with E-state index in [0.29, 0.717) is 24.8 Å². The molecule has 3 atom stereocenters. The summed E-state index contributed by atoms with van der Waals surface area (Å²) in [5.74, 6) is -0.0183. The van der Waals surface area contributed by atoms with Gasteiger partial charge in [0.15, 0.2) is 0 Å². The highest BCUT2D eigenvalue weighted by Crippen LogP contribution is 2.41. The molecule has 2 aromatic carbocycles. The average molecular weight is 612 g/mol. The third-order valence-electron chi connectivity index (χ3n) is 8.99. The highest BCUT2D eigenvalue weighted by atomic mass is 16.5. The lowest BCUT2D eigenvalue weighted by Crippen LogP contribution is -2.40. The molecular formula is C34H37N5O6. The number of nitrogens with zero attached hydrogens (tertiary/aromatic N) is 3. The molecule has 1 fully saturated rings. The zero-order valence-corrected chi connectivity index (χ0v) is 26.0. The zero-order valence-electron chi connectivity index (χ0n) is 26.0. The molecule has 4 aromatic rings. The number of aromatic nitrogens is 3. The Morgan fingerprint density at radius 2 is 1.76 bits per heavy atom. The SMILES string of the molecule is COc1nc(-c2cccc(-c3cccc(NC(=O)c4cn(C)c(=O)n(C)c4=O)c3C)c2C)cc2c1[C@@H](N[C@@H]1COC[C@H]1O)CC2. The number of nitrogens with one attached hydrogen (secondary N) is 2. The molecule has 1 amide bonds. The first-order valence-electron chi connectivity index (χ1n) is 15.0. The van der Waals surface area contributed by atoms with Crippen LogP contribution >= 0.6 is 0 Å². The van der Waals surface area contributed by atoms with Crippen LogP contribution in [-0.2, 0) is 25.3 Å². The molecule has 2 aromatic heterocycles. The normalized spacial score (nSPS) is 19.0. The van der Waals surface area contributed by atoms with Crippen molar-refractivity contribution in [2.24, 2.45) is 14.1 Å². The van der Waals surface area contributed by atoms with Gasteiger partial charge in [-0.05, 0) is 66.6 Å². The molecule has 1 aliphatic carbocycles. The van der Waals surface area contributed by atoms with Gasteiger partial charge in [-0.15, -0.1) is 0 Å². The number of carbonyl (C=O) groups is 1. The minimum atomic E-state index is -0.655. The Morgan fingerprint density at radius 1 is 1.04 bits per heavy atom. The fraction of sp³-hybridized carbons (Fsp3) is 0.353. The largest absolute Gasteiger partial charge is 0.481 e.